The smallest absolute Gasteiger partial charge is 0.296 e. The first-order valence-electron chi connectivity index (χ1n) is 18.0. The molecule has 4 aromatic heterocycles. The van der Waals surface area contributed by atoms with Gasteiger partial charge < -0.3 is 10.0 Å². The van der Waals surface area contributed by atoms with E-state index in [0.29, 0.717) is 25.9 Å². The van der Waals surface area contributed by atoms with Crippen LogP contribution in [0.1, 0.15) is 42.0 Å². The number of pyridine rings is 2. The van der Waals surface area contributed by atoms with Gasteiger partial charge in [-0.25, -0.2) is 9.50 Å². The molecule has 0 saturated carbocycles. The first kappa shape index (κ1) is 33.6. The number of hydrogen-bond acceptors (Lipinski definition) is 8. The lowest BCUT2D eigenvalue weighted by Gasteiger charge is -2.43. The topological polar surface area (TPSA) is 122 Å². The number of likely N-dealkylation sites (tertiary alicyclic amines) is 2. The van der Waals surface area contributed by atoms with Crippen molar-refractivity contribution in [1.82, 2.24) is 38.9 Å². The minimum absolute atomic E-state index is 0.0346. The van der Waals surface area contributed by atoms with Crippen LogP contribution in [0.25, 0.3) is 28.0 Å². The summed E-state index contributed by atoms with van der Waals surface area (Å²) >= 11 is 0. The van der Waals surface area contributed by atoms with Crippen LogP contribution in [0.4, 0.5) is 0 Å². The average Bonchev–Trinajstić information content (AvgIpc) is 3.62. The molecule has 2 fully saturated rings. The number of aliphatic hydroxyl groups is 1. The molecule has 8 rings (SSSR count). The Kier molecular flexibility index (Phi) is 9.21. The zero-order valence-electron chi connectivity index (χ0n) is 29.3. The van der Waals surface area contributed by atoms with Gasteiger partial charge in [-0.3, -0.25) is 29.0 Å². The van der Waals surface area contributed by atoms with E-state index in [9.17, 15) is 14.7 Å². The van der Waals surface area contributed by atoms with Gasteiger partial charge in [0.15, 0.2) is 0 Å². The van der Waals surface area contributed by atoms with Crippen molar-refractivity contribution in [1.29, 1.82) is 0 Å². The summed E-state index contributed by atoms with van der Waals surface area (Å²) in [6.07, 6.45) is 10.3. The van der Waals surface area contributed by atoms with Crippen LogP contribution in [0.15, 0.2) is 115 Å². The Labute approximate surface area is 302 Å². The van der Waals surface area contributed by atoms with Crippen LogP contribution in [0.2, 0.25) is 0 Å². The molecule has 0 radical (unpaired) electrons. The SMILES string of the molecule is Cc1ccc(-c2cncc(CN3CCC(C(=O)N4CCC(O)(Cn5cnn6c(-c7ccccc7)cnc6c5=O)CC4)C(c4ccccc4)C3)c2)cn1. The lowest BCUT2D eigenvalue weighted by molar-refractivity contribution is -0.142. The molecule has 1 amide bonds. The van der Waals surface area contributed by atoms with Crippen LogP contribution in [0.3, 0.4) is 0 Å². The summed E-state index contributed by atoms with van der Waals surface area (Å²) in [7, 11) is 0. The summed E-state index contributed by atoms with van der Waals surface area (Å²) in [6, 6.07) is 26.3. The molecular weight excluding hydrogens is 653 g/mol. The standard InChI is InChI=1S/C41H42N8O3/c1-29-12-13-33(23-43-29)34-20-30(21-42-22-34)25-46-17-14-35(36(26-46)31-8-4-2-5-9-31)39(50)47-18-15-41(52,16-19-47)27-48-28-45-49-37(24-44-38(49)40(48)51)32-10-6-3-7-11-32/h2-13,20-24,28,35-36,52H,14-19,25-27H2,1H3. The van der Waals surface area contributed by atoms with E-state index in [1.165, 1.54) is 10.9 Å². The van der Waals surface area contributed by atoms with E-state index in [1.807, 2.05) is 85.0 Å². The number of imidazole rings is 1. The van der Waals surface area contributed by atoms with Crippen LogP contribution >= 0.6 is 0 Å². The van der Waals surface area contributed by atoms with Gasteiger partial charge in [-0.1, -0.05) is 66.7 Å². The van der Waals surface area contributed by atoms with Gasteiger partial charge in [0.05, 0.1) is 24.0 Å². The predicted molar refractivity (Wildman–Crippen MR) is 198 cm³/mol. The molecule has 11 heteroatoms. The maximum Gasteiger partial charge on any atom is 0.296 e. The van der Waals surface area contributed by atoms with Gasteiger partial charge in [-0.05, 0) is 56.0 Å². The highest BCUT2D eigenvalue weighted by atomic mass is 16.3. The van der Waals surface area contributed by atoms with Crippen molar-refractivity contribution in [2.24, 2.45) is 5.92 Å². The third-order valence-corrected chi connectivity index (χ3v) is 10.7. The summed E-state index contributed by atoms with van der Waals surface area (Å²) in [6.45, 7) is 5.22. The van der Waals surface area contributed by atoms with E-state index in [4.69, 9.17) is 0 Å². The van der Waals surface area contributed by atoms with Crippen molar-refractivity contribution >= 4 is 11.6 Å². The Morgan fingerprint density at radius 2 is 1.63 bits per heavy atom. The predicted octanol–water partition coefficient (Wildman–Crippen LogP) is 4.98. The molecule has 2 aromatic carbocycles. The fraction of sp³-hybridized carbons (Fsp3) is 0.317. The number of piperidine rings is 2. The minimum Gasteiger partial charge on any atom is -0.388 e. The van der Waals surface area contributed by atoms with Crippen molar-refractivity contribution < 1.29 is 9.90 Å². The zero-order valence-corrected chi connectivity index (χ0v) is 29.3. The third-order valence-electron chi connectivity index (χ3n) is 10.7. The van der Waals surface area contributed by atoms with E-state index in [1.54, 1.807) is 10.7 Å². The monoisotopic (exact) mass is 694 g/mol. The Morgan fingerprint density at radius 3 is 2.38 bits per heavy atom. The molecule has 2 saturated heterocycles. The fourth-order valence-electron chi connectivity index (χ4n) is 7.80. The van der Waals surface area contributed by atoms with Gasteiger partial charge in [0.25, 0.3) is 5.56 Å². The number of amides is 1. The lowest BCUT2D eigenvalue weighted by atomic mass is 9.79. The third kappa shape index (κ3) is 6.89. The molecule has 0 aliphatic carbocycles. The molecule has 52 heavy (non-hydrogen) atoms. The number of benzene rings is 2. The number of aromatic nitrogens is 6. The number of carbonyl (C=O) groups excluding carboxylic acids is 1. The summed E-state index contributed by atoms with van der Waals surface area (Å²) in [4.78, 5) is 45.4. The molecule has 6 heterocycles. The Balaban J connectivity index is 0.936. The highest BCUT2D eigenvalue weighted by Crippen LogP contribution is 2.36. The van der Waals surface area contributed by atoms with Gasteiger partial charge in [-0.2, -0.15) is 5.10 Å². The second-order valence-corrected chi connectivity index (χ2v) is 14.3. The van der Waals surface area contributed by atoms with Gasteiger partial charge in [0.2, 0.25) is 11.6 Å². The number of aryl methyl sites for hydroxylation is 1. The molecule has 2 aliphatic heterocycles. The number of fused-ring (bicyclic) bond motifs is 1. The van der Waals surface area contributed by atoms with Gasteiger partial charge >= 0.3 is 0 Å². The highest BCUT2D eigenvalue weighted by Gasteiger charge is 2.41. The normalized spacial score (nSPS) is 19.2. The zero-order chi connectivity index (χ0) is 35.7. The van der Waals surface area contributed by atoms with Crippen molar-refractivity contribution in [3.8, 4) is 22.4 Å². The number of nitrogens with zero attached hydrogens (tertiary/aromatic N) is 8. The van der Waals surface area contributed by atoms with E-state index in [0.717, 1.165) is 65.3 Å². The number of rotatable bonds is 8. The number of hydrogen-bond donors (Lipinski definition) is 1. The molecule has 6 aromatic rings. The molecule has 0 bridgehead atoms. The quantitative estimate of drug-likeness (QED) is 0.237. The fourth-order valence-corrected chi connectivity index (χ4v) is 7.80. The van der Waals surface area contributed by atoms with Crippen LogP contribution in [-0.2, 0) is 17.9 Å². The first-order valence-corrected chi connectivity index (χ1v) is 18.0. The van der Waals surface area contributed by atoms with Gasteiger partial charge in [0.1, 0.15) is 6.33 Å². The van der Waals surface area contributed by atoms with Gasteiger partial charge in [0, 0.05) is 79.0 Å². The highest BCUT2D eigenvalue weighted by molar-refractivity contribution is 5.80. The van der Waals surface area contributed by atoms with Crippen molar-refractivity contribution in [3.05, 3.63) is 137 Å². The molecule has 264 valence electrons. The second kappa shape index (κ2) is 14.2. The largest absolute Gasteiger partial charge is 0.388 e. The summed E-state index contributed by atoms with van der Waals surface area (Å²) in [5.74, 6) is 0.00554. The Bertz CT molecular complexity index is 2230. The number of carbonyl (C=O) groups is 1. The Morgan fingerprint density at radius 1 is 0.865 bits per heavy atom. The average molecular weight is 695 g/mol. The van der Waals surface area contributed by atoms with Crippen LogP contribution in [0.5, 0.6) is 0 Å². The summed E-state index contributed by atoms with van der Waals surface area (Å²) in [5, 5.41) is 16.2. The summed E-state index contributed by atoms with van der Waals surface area (Å²) in [5.41, 5.74) is 5.75. The molecule has 1 N–H and O–H groups in total. The lowest BCUT2D eigenvalue weighted by Crippen LogP contribution is -2.53. The molecule has 2 unspecified atom stereocenters. The second-order valence-electron chi connectivity index (χ2n) is 14.3. The van der Waals surface area contributed by atoms with E-state index in [-0.39, 0.29) is 35.5 Å². The maximum atomic E-state index is 14.3. The molecule has 11 nitrogen and oxygen atoms in total. The molecular formula is C41H42N8O3. The van der Waals surface area contributed by atoms with Crippen LogP contribution < -0.4 is 5.56 Å². The van der Waals surface area contributed by atoms with Crippen LogP contribution in [0, 0.1) is 12.8 Å². The van der Waals surface area contributed by atoms with Crippen LogP contribution in [-0.4, -0.2) is 81.7 Å². The maximum absolute atomic E-state index is 14.3. The van der Waals surface area contributed by atoms with E-state index in [2.05, 4.69) is 49.2 Å². The van der Waals surface area contributed by atoms with Crippen molar-refractivity contribution in [2.45, 2.75) is 50.8 Å². The van der Waals surface area contributed by atoms with E-state index >= 15 is 0 Å². The minimum atomic E-state index is -1.14. The first-order chi connectivity index (χ1) is 25.3. The van der Waals surface area contributed by atoms with E-state index < -0.39 is 5.60 Å². The molecule has 0 spiro atoms. The molecule has 2 aliphatic rings. The summed E-state index contributed by atoms with van der Waals surface area (Å²) < 4.78 is 2.99. The van der Waals surface area contributed by atoms with Crippen molar-refractivity contribution in [2.75, 3.05) is 26.2 Å². The Hall–Kier alpha value is -5.52. The van der Waals surface area contributed by atoms with Gasteiger partial charge in [-0.15, -0.1) is 0 Å². The molecule has 2 atom stereocenters. The van der Waals surface area contributed by atoms with Crippen molar-refractivity contribution in [3.63, 3.8) is 0 Å².